The van der Waals surface area contributed by atoms with Crippen LogP contribution in [0.3, 0.4) is 0 Å². The summed E-state index contributed by atoms with van der Waals surface area (Å²) in [6.07, 6.45) is 1.66. The molecule has 4 heterocycles. The first-order chi connectivity index (χ1) is 18.0. The summed E-state index contributed by atoms with van der Waals surface area (Å²) in [4.78, 5) is 26.2. The minimum absolute atomic E-state index is 0. The van der Waals surface area contributed by atoms with Crippen LogP contribution in [0.1, 0.15) is 30.4 Å². The SMILES string of the molecule is CCc1nc(C)c2c(=O)n(CCC[NH+]3CC[NH+](Cc4ccc(OC)cc4)CC3)c3ccc(OC)nc3n12.[Cl-].[Cl-]. The van der Waals surface area contributed by atoms with Crippen LogP contribution in [-0.4, -0.2) is 65.9 Å². The number of benzene rings is 1. The number of fused-ring (bicyclic) bond motifs is 3. The number of imidazole rings is 1. The van der Waals surface area contributed by atoms with Gasteiger partial charge in [-0.25, -0.2) is 4.98 Å². The summed E-state index contributed by atoms with van der Waals surface area (Å²) in [6, 6.07) is 12.2. The largest absolute Gasteiger partial charge is 1.00 e. The lowest BCUT2D eigenvalue weighted by atomic mass is 10.2. The van der Waals surface area contributed by atoms with E-state index in [1.807, 2.05) is 47.1 Å². The third-order valence-electron chi connectivity index (χ3n) is 7.62. The van der Waals surface area contributed by atoms with Crippen molar-refractivity contribution >= 4 is 16.7 Å². The Balaban J connectivity index is 0.00000210. The van der Waals surface area contributed by atoms with E-state index in [4.69, 9.17) is 14.5 Å². The number of quaternary nitrogens is 2. The number of pyridine rings is 1. The van der Waals surface area contributed by atoms with Gasteiger partial charge in [-0.15, -0.1) is 0 Å². The highest BCUT2D eigenvalue weighted by atomic mass is 35.5. The lowest BCUT2D eigenvalue weighted by molar-refractivity contribution is -1.02. The summed E-state index contributed by atoms with van der Waals surface area (Å²) in [5.41, 5.74) is 4.29. The highest BCUT2D eigenvalue weighted by Crippen LogP contribution is 2.21. The highest BCUT2D eigenvalue weighted by molar-refractivity contribution is 5.77. The number of nitrogens with one attached hydrogen (secondary N) is 2. The molecule has 1 aromatic carbocycles. The fourth-order valence-electron chi connectivity index (χ4n) is 5.58. The van der Waals surface area contributed by atoms with Crippen molar-refractivity contribution in [2.45, 2.75) is 39.8 Å². The zero-order valence-electron chi connectivity index (χ0n) is 23.1. The Kier molecular flexibility index (Phi) is 10.6. The van der Waals surface area contributed by atoms with Crippen molar-refractivity contribution in [3.05, 3.63) is 63.8 Å². The summed E-state index contributed by atoms with van der Waals surface area (Å²) in [5.74, 6) is 2.29. The van der Waals surface area contributed by atoms with E-state index in [9.17, 15) is 4.79 Å². The molecule has 4 aromatic rings. The first-order valence-corrected chi connectivity index (χ1v) is 13.3. The first-order valence-electron chi connectivity index (χ1n) is 13.3. The number of hydrogen-bond acceptors (Lipinski definition) is 5. The van der Waals surface area contributed by atoms with Crippen molar-refractivity contribution in [2.75, 3.05) is 46.9 Å². The lowest BCUT2D eigenvalue weighted by Crippen LogP contribution is -3.27. The Morgan fingerprint density at radius 3 is 2.26 bits per heavy atom. The van der Waals surface area contributed by atoms with Gasteiger partial charge in [-0.3, -0.25) is 9.20 Å². The molecule has 3 aromatic heterocycles. The van der Waals surface area contributed by atoms with Crippen molar-refractivity contribution in [3.63, 3.8) is 0 Å². The number of aromatic nitrogens is 4. The molecule has 9 nitrogen and oxygen atoms in total. The Hall–Kier alpha value is -2.85. The zero-order valence-corrected chi connectivity index (χ0v) is 24.6. The van der Waals surface area contributed by atoms with Crippen LogP contribution in [0.4, 0.5) is 0 Å². The second kappa shape index (κ2) is 13.5. The maximum Gasteiger partial charge on any atom is 0.277 e. The van der Waals surface area contributed by atoms with E-state index in [2.05, 4.69) is 17.1 Å². The van der Waals surface area contributed by atoms with E-state index in [1.54, 1.807) is 24.0 Å². The van der Waals surface area contributed by atoms with Gasteiger partial charge in [-0.05, 0) is 37.3 Å². The van der Waals surface area contributed by atoms with Gasteiger partial charge in [0.05, 0.1) is 32.0 Å². The molecule has 5 rings (SSSR count). The van der Waals surface area contributed by atoms with E-state index >= 15 is 0 Å². The second-order valence-electron chi connectivity index (χ2n) is 9.93. The smallest absolute Gasteiger partial charge is 0.277 e. The van der Waals surface area contributed by atoms with Gasteiger partial charge in [0.25, 0.3) is 5.56 Å². The third-order valence-corrected chi connectivity index (χ3v) is 7.62. The Bertz CT molecular complexity index is 1450. The standard InChI is InChI=1S/C28H36N6O3.2ClH/c1-5-24-29-20(2)26-28(35)33(23-11-12-25(37-4)30-27(23)34(24)26)14-6-13-31-15-17-32(18-16-31)19-21-7-9-22(36-3)10-8-21;;/h7-12H,5-6,13-19H2,1-4H3;2*1H. The van der Waals surface area contributed by atoms with Crippen LogP contribution in [0.25, 0.3) is 16.7 Å². The average molecular weight is 578 g/mol. The first kappa shape index (κ1) is 30.7. The number of ether oxygens (including phenoxy) is 2. The maximum atomic E-state index is 13.6. The topological polar surface area (TPSA) is 79.5 Å². The van der Waals surface area contributed by atoms with Gasteiger partial charge in [0.15, 0.2) is 5.65 Å². The van der Waals surface area contributed by atoms with Gasteiger partial charge in [0.2, 0.25) is 5.88 Å². The molecule has 11 heteroatoms. The Labute approximate surface area is 241 Å². The van der Waals surface area contributed by atoms with Crippen molar-refractivity contribution in [3.8, 4) is 11.6 Å². The minimum Gasteiger partial charge on any atom is -1.00 e. The fourth-order valence-corrected chi connectivity index (χ4v) is 5.58. The lowest BCUT2D eigenvalue weighted by Gasteiger charge is -2.30. The van der Waals surface area contributed by atoms with Gasteiger partial charge in [0.1, 0.15) is 49.8 Å². The monoisotopic (exact) mass is 576 g/mol. The van der Waals surface area contributed by atoms with Crippen LogP contribution in [0.15, 0.2) is 41.2 Å². The molecule has 0 spiro atoms. The van der Waals surface area contributed by atoms with Crippen LogP contribution < -0.4 is 49.6 Å². The van der Waals surface area contributed by atoms with E-state index in [0.29, 0.717) is 17.9 Å². The second-order valence-corrected chi connectivity index (χ2v) is 9.93. The molecule has 0 unspecified atom stereocenters. The molecule has 1 aliphatic heterocycles. The summed E-state index contributed by atoms with van der Waals surface area (Å²) in [6.45, 7) is 11.4. The number of rotatable bonds is 9. The predicted molar refractivity (Wildman–Crippen MR) is 143 cm³/mol. The summed E-state index contributed by atoms with van der Waals surface area (Å²) < 4.78 is 14.5. The Morgan fingerprint density at radius 1 is 0.923 bits per heavy atom. The summed E-state index contributed by atoms with van der Waals surface area (Å²) >= 11 is 0. The van der Waals surface area contributed by atoms with Crippen molar-refractivity contribution in [1.82, 2.24) is 18.9 Å². The van der Waals surface area contributed by atoms with Gasteiger partial charge >= 0.3 is 0 Å². The van der Waals surface area contributed by atoms with Crippen molar-refractivity contribution in [2.24, 2.45) is 0 Å². The molecule has 0 saturated carbocycles. The zero-order chi connectivity index (χ0) is 25.9. The molecule has 0 aliphatic carbocycles. The molecule has 1 saturated heterocycles. The number of aryl methyl sites for hydroxylation is 3. The van der Waals surface area contributed by atoms with Crippen LogP contribution in [-0.2, 0) is 19.5 Å². The van der Waals surface area contributed by atoms with Crippen LogP contribution in [0.5, 0.6) is 11.6 Å². The maximum absolute atomic E-state index is 13.6. The van der Waals surface area contributed by atoms with Crippen LogP contribution >= 0.6 is 0 Å². The number of hydrogen-bond donors (Lipinski definition) is 2. The molecule has 2 N–H and O–H groups in total. The van der Waals surface area contributed by atoms with Crippen LogP contribution in [0, 0.1) is 6.92 Å². The molecule has 0 bridgehead atoms. The summed E-state index contributed by atoms with van der Waals surface area (Å²) in [5, 5.41) is 0. The Morgan fingerprint density at radius 2 is 1.62 bits per heavy atom. The van der Waals surface area contributed by atoms with E-state index in [-0.39, 0.29) is 30.4 Å². The molecule has 1 aliphatic rings. The van der Waals surface area contributed by atoms with E-state index < -0.39 is 0 Å². The van der Waals surface area contributed by atoms with E-state index in [0.717, 1.165) is 80.5 Å². The average Bonchev–Trinajstić information content (AvgIpc) is 3.28. The number of halogens is 2. The van der Waals surface area contributed by atoms with Crippen LogP contribution in [0.2, 0.25) is 0 Å². The number of piperazine rings is 1. The third kappa shape index (κ3) is 6.32. The molecule has 212 valence electrons. The van der Waals surface area contributed by atoms with E-state index in [1.165, 1.54) is 5.56 Å². The van der Waals surface area contributed by atoms with Gasteiger partial charge in [0, 0.05) is 31.0 Å². The van der Waals surface area contributed by atoms with Gasteiger partial charge in [-0.1, -0.05) is 6.92 Å². The minimum atomic E-state index is 0. The predicted octanol–water partition coefficient (Wildman–Crippen LogP) is -5.69. The molecule has 0 atom stereocenters. The molecule has 0 amide bonds. The van der Waals surface area contributed by atoms with Crippen molar-refractivity contribution < 1.29 is 44.1 Å². The van der Waals surface area contributed by atoms with Gasteiger partial charge < -0.3 is 48.7 Å². The van der Waals surface area contributed by atoms with Gasteiger partial charge in [-0.2, -0.15) is 4.98 Å². The number of methoxy groups -OCH3 is 2. The molecule has 1 fully saturated rings. The normalized spacial score (nSPS) is 17.0. The van der Waals surface area contributed by atoms with Crippen molar-refractivity contribution in [1.29, 1.82) is 0 Å². The quantitative estimate of drug-likeness (QED) is 0.208. The molecular weight excluding hydrogens is 539 g/mol. The molecular formula is C28H38Cl2N6O3. The highest BCUT2D eigenvalue weighted by Gasteiger charge is 2.23. The fraction of sp³-hybridized carbons (Fsp3) is 0.464. The molecule has 0 radical (unpaired) electrons. The number of nitrogens with zero attached hydrogens (tertiary/aromatic N) is 4. The summed E-state index contributed by atoms with van der Waals surface area (Å²) in [7, 11) is 3.32. The molecule has 39 heavy (non-hydrogen) atoms.